The lowest BCUT2D eigenvalue weighted by Gasteiger charge is -2.20. The second-order valence-corrected chi connectivity index (χ2v) is 8.34. The standard InChI is InChI=1S/C24H18FN5O2S/c1-14-9-10-20(32-2)19(12-14)29-11-5-6-15(29)13-17-21(26)30-24(27-22(17)31)33-23(28-30)16-7-3-4-8-18(16)25/h3-13,26H,1-2H3/b17-13+,26-21?. The molecule has 2 aliphatic rings. The van der Waals surface area contributed by atoms with E-state index in [-0.39, 0.29) is 16.6 Å². The number of ether oxygens (including phenoxy) is 1. The first kappa shape index (κ1) is 20.9. The normalized spacial score (nSPS) is 16.7. The Morgan fingerprint density at radius 2 is 1.97 bits per heavy atom. The van der Waals surface area contributed by atoms with Crippen LogP contribution in [0.1, 0.15) is 16.8 Å². The number of nitrogens with one attached hydrogen (secondary N) is 1. The minimum atomic E-state index is -0.548. The third-order valence-corrected chi connectivity index (χ3v) is 6.17. The molecule has 3 heterocycles. The summed E-state index contributed by atoms with van der Waals surface area (Å²) in [6.45, 7) is 1.98. The van der Waals surface area contributed by atoms with E-state index < -0.39 is 11.7 Å². The Labute approximate surface area is 193 Å². The molecule has 3 aromatic rings. The fraction of sp³-hybridized carbons (Fsp3) is 0.0833. The fourth-order valence-corrected chi connectivity index (χ4v) is 4.52. The Kier molecular flexibility index (Phi) is 5.18. The molecule has 164 valence electrons. The summed E-state index contributed by atoms with van der Waals surface area (Å²) >= 11 is 1.06. The highest BCUT2D eigenvalue weighted by atomic mass is 32.2. The van der Waals surface area contributed by atoms with E-state index in [2.05, 4.69) is 10.1 Å². The Hall–Kier alpha value is -3.98. The average Bonchev–Trinajstić information content (AvgIpc) is 3.44. The maximum atomic E-state index is 14.2. The minimum Gasteiger partial charge on any atom is -0.495 e. The number of amidine groups is 2. The van der Waals surface area contributed by atoms with Gasteiger partial charge in [0.2, 0.25) is 5.17 Å². The van der Waals surface area contributed by atoms with Crippen molar-refractivity contribution in [1.82, 2.24) is 9.58 Å². The first-order valence-electron chi connectivity index (χ1n) is 10.0. The van der Waals surface area contributed by atoms with Crippen molar-refractivity contribution in [2.45, 2.75) is 6.92 Å². The Morgan fingerprint density at radius 3 is 2.76 bits per heavy atom. The van der Waals surface area contributed by atoms with Crippen molar-refractivity contribution >= 4 is 39.8 Å². The summed E-state index contributed by atoms with van der Waals surface area (Å²) in [5, 5.41) is 14.8. The van der Waals surface area contributed by atoms with E-state index in [9.17, 15) is 9.18 Å². The maximum Gasteiger partial charge on any atom is 0.283 e. The number of carbonyl (C=O) groups excluding carboxylic acids is 1. The molecule has 0 radical (unpaired) electrons. The van der Waals surface area contributed by atoms with Crippen LogP contribution in [0, 0.1) is 18.2 Å². The molecule has 9 heteroatoms. The zero-order valence-electron chi connectivity index (χ0n) is 17.7. The van der Waals surface area contributed by atoms with E-state index in [1.165, 1.54) is 11.1 Å². The largest absolute Gasteiger partial charge is 0.495 e. The number of benzene rings is 2. The highest BCUT2D eigenvalue weighted by Crippen LogP contribution is 2.32. The van der Waals surface area contributed by atoms with Crippen molar-refractivity contribution in [3.8, 4) is 11.4 Å². The number of carbonyl (C=O) groups is 1. The fourth-order valence-electron chi connectivity index (χ4n) is 3.60. The number of halogens is 1. The number of aryl methyl sites for hydroxylation is 1. The van der Waals surface area contributed by atoms with Gasteiger partial charge in [-0.1, -0.05) is 18.2 Å². The molecule has 1 amide bonds. The van der Waals surface area contributed by atoms with Gasteiger partial charge < -0.3 is 9.30 Å². The van der Waals surface area contributed by atoms with Gasteiger partial charge in [0.25, 0.3) is 5.91 Å². The number of hydrogen-bond acceptors (Lipinski definition) is 5. The quantitative estimate of drug-likeness (QED) is 0.578. The van der Waals surface area contributed by atoms with E-state index in [0.29, 0.717) is 22.1 Å². The van der Waals surface area contributed by atoms with Crippen LogP contribution >= 0.6 is 11.8 Å². The third-order valence-electron chi connectivity index (χ3n) is 5.23. The number of thioether (sulfide) groups is 1. The number of methoxy groups -OCH3 is 1. The topological polar surface area (TPSA) is 83.0 Å². The molecule has 5 rings (SSSR count). The summed E-state index contributed by atoms with van der Waals surface area (Å²) in [6, 6.07) is 15.7. The predicted octanol–water partition coefficient (Wildman–Crippen LogP) is 4.60. The molecule has 0 saturated carbocycles. The van der Waals surface area contributed by atoms with Gasteiger partial charge >= 0.3 is 0 Å². The minimum absolute atomic E-state index is 0.0875. The molecular formula is C24H18FN5O2S. The van der Waals surface area contributed by atoms with Crippen LogP contribution < -0.4 is 4.74 Å². The summed E-state index contributed by atoms with van der Waals surface area (Å²) in [5.74, 6) is -0.417. The molecular weight excluding hydrogens is 441 g/mol. The van der Waals surface area contributed by atoms with Crippen molar-refractivity contribution in [1.29, 1.82) is 5.41 Å². The molecule has 0 atom stereocenters. The zero-order valence-corrected chi connectivity index (χ0v) is 18.6. The summed E-state index contributed by atoms with van der Waals surface area (Å²) in [4.78, 5) is 16.9. The van der Waals surface area contributed by atoms with Gasteiger partial charge in [-0.3, -0.25) is 10.2 Å². The maximum absolute atomic E-state index is 14.2. The average molecular weight is 460 g/mol. The lowest BCUT2D eigenvalue weighted by Crippen LogP contribution is -2.35. The zero-order chi connectivity index (χ0) is 23.1. The van der Waals surface area contributed by atoms with Gasteiger partial charge in [0, 0.05) is 17.5 Å². The van der Waals surface area contributed by atoms with E-state index in [1.807, 2.05) is 48.0 Å². The number of aliphatic imine (C=N–C) groups is 1. The molecule has 2 aliphatic heterocycles. The van der Waals surface area contributed by atoms with Gasteiger partial charge in [-0.2, -0.15) is 15.1 Å². The van der Waals surface area contributed by atoms with Crippen LogP contribution in [-0.4, -0.2) is 38.6 Å². The lowest BCUT2D eigenvalue weighted by molar-refractivity contribution is -0.114. The number of hydrogen-bond donors (Lipinski definition) is 1. The highest BCUT2D eigenvalue weighted by molar-refractivity contribution is 8.27. The predicted molar refractivity (Wildman–Crippen MR) is 128 cm³/mol. The summed E-state index contributed by atoms with van der Waals surface area (Å²) in [5.41, 5.74) is 2.92. The van der Waals surface area contributed by atoms with Crippen LogP contribution in [-0.2, 0) is 4.79 Å². The van der Waals surface area contributed by atoms with Gasteiger partial charge in [-0.25, -0.2) is 4.39 Å². The second-order valence-electron chi connectivity index (χ2n) is 7.38. The molecule has 7 nitrogen and oxygen atoms in total. The van der Waals surface area contributed by atoms with Gasteiger partial charge in [-0.05, 0) is 66.7 Å². The van der Waals surface area contributed by atoms with Crippen LogP contribution in [0.4, 0.5) is 4.39 Å². The lowest BCUT2D eigenvalue weighted by atomic mass is 10.1. The van der Waals surface area contributed by atoms with Crippen LogP contribution in [0.5, 0.6) is 5.75 Å². The van der Waals surface area contributed by atoms with Crippen LogP contribution in [0.15, 0.2) is 76.5 Å². The van der Waals surface area contributed by atoms with E-state index in [0.717, 1.165) is 23.0 Å². The first-order valence-corrected chi connectivity index (χ1v) is 10.9. The number of fused-ring (bicyclic) bond motifs is 1. The Balaban J connectivity index is 1.53. The summed E-state index contributed by atoms with van der Waals surface area (Å²) in [6.07, 6.45) is 3.46. The number of hydrazone groups is 1. The monoisotopic (exact) mass is 459 g/mol. The van der Waals surface area contributed by atoms with E-state index in [1.54, 1.807) is 31.4 Å². The van der Waals surface area contributed by atoms with E-state index in [4.69, 9.17) is 10.1 Å². The molecule has 33 heavy (non-hydrogen) atoms. The number of aromatic nitrogens is 1. The smallest absolute Gasteiger partial charge is 0.283 e. The first-order chi connectivity index (χ1) is 16.0. The number of nitrogens with zero attached hydrogens (tertiary/aromatic N) is 4. The van der Waals surface area contributed by atoms with Crippen molar-refractivity contribution in [2.75, 3.05) is 7.11 Å². The van der Waals surface area contributed by atoms with Crippen molar-refractivity contribution in [3.05, 3.63) is 89.0 Å². The number of amides is 1. The van der Waals surface area contributed by atoms with Gasteiger partial charge in [-0.15, -0.1) is 0 Å². The Bertz CT molecular complexity index is 1410. The SMILES string of the molecule is COc1ccc(C)cc1-n1cccc1/C=C1\C(=N)N2N=C(c3ccccc3F)SC2=NC1=O. The van der Waals surface area contributed by atoms with Crippen LogP contribution in [0.3, 0.4) is 0 Å². The van der Waals surface area contributed by atoms with Gasteiger partial charge in [0.15, 0.2) is 5.84 Å². The van der Waals surface area contributed by atoms with Crippen LogP contribution in [0.2, 0.25) is 0 Å². The molecule has 0 spiro atoms. The molecule has 2 aromatic carbocycles. The van der Waals surface area contributed by atoms with Gasteiger partial charge in [0.1, 0.15) is 16.6 Å². The summed E-state index contributed by atoms with van der Waals surface area (Å²) < 4.78 is 21.6. The van der Waals surface area contributed by atoms with E-state index >= 15 is 0 Å². The third kappa shape index (κ3) is 3.66. The molecule has 0 aliphatic carbocycles. The van der Waals surface area contributed by atoms with Gasteiger partial charge in [0.05, 0.1) is 18.4 Å². The highest BCUT2D eigenvalue weighted by Gasteiger charge is 2.36. The molecule has 1 aromatic heterocycles. The van der Waals surface area contributed by atoms with Crippen molar-refractivity contribution < 1.29 is 13.9 Å². The molecule has 0 unspecified atom stereocenters. The second kappa shape index (κ2) is 8.18. The molecule has 1 N–H and O–H groups in total. The van der Waals surface area contributed by atoms with Crippen LogP contribution in [0.25, 0.3) is 11.8 Å². The summed E-state index contributed by atoms with van der Waals surface area (Å²) in [7, 11) is 1.60. The molecule has 0 saturated heterocycles. The molecule has 0 bridgehead atoms. The Morgan fingerprint density at radius 1 is 1.15 bits per heavy atom. The van der Waals surface area contributed by atoms with Crippen molar-refractivity contribution in [3.63, 3.8) is 0 Å². The number of rotatable bonds is 4. The molecule has 0 fully saturated rings. The van der Waals surface area contributed by atoms with Crippen molar-refractivity contribution in [2.24, 2.45) is 10.1 Å².